The van der Waals surface area contributed by atoms with Crippen molar-refractivity contribution in [1.82, 2.24) is 5.32 Å². The third-order valence-corrected chi connectivity index (χ3v) is 8.00. The Morgan fingerprint density at radius 1 is 1.08 bits per heavy atom. The lowest BCUT2D eigenvalue weighted by molar-refractivity contribution is 0.00578. The van der Waals surface area contributed by atoms with Crippen molar-refractivity contribution in [2.45, 2.75) is 111 Å². The van der Waals surface area contributed by atoms with E-state index >= 15 is 4.39 Å². The molecule has 1 aliphatic heterocycles. The zero-order chi connectivity index (χ0) is 27.7. The van der Waals surface area contributed by atoms with E-state index in [1.807, 2.05) is 41.5 Å². The van der Waals surface area contributed by atoms with Crippen molar-refractivity contribution < 1.29 is 28.0 Å². The molecule has 0 atom stereocenters. The van der Waals surface area contributed by atoms with Crippen molar-refractivity contribution in [3.8, 4) is 11.5 Å². The minimum atomic E-state index is -0.988. The fourth-order valence-electron chi connectivity index (χ4n) is 4.62. The van der Waals surface area contributed by atoms with E-state index in [4.69, 9.17) is 18.8 Å². The van der Waals surface area contributed by atoms with E-state index < -0.39 is 38.5 Å². The van der Waals surface area contributed by atoms with Crippen LogP contribution in [0.4, 0.5) is 4.39 Å². The Bertz CT molecular complexity index is 927. The van der Waals surface area contributed by atoms with Gasteiger partial charge in [-0.3, -0.25) is 4.79 Å². The largest absolute Gasteiger partial charge is 0.498 e. The highest BCUT2D eigenvalue weighted by molar-refractivity contribution is 6.62. The molecule has 1 aliphatic rings. The number of hydrogen-bond donors (Lipinski definition) is 1. The normalized spacial score (nSPS) is 17.4. The maximum atomic E-state index is 15.8. The van der Waals surface area contributed by atoms with Gasteiger partial charge in [-0.05, 0) is 65.9 Å². The summed E-state index contributed by atoms with van der Waals surface area (Å²) in [6, 6.07) is 2.55. The summed E-state index contributed by atoms with van der Waals surface area (Å²) in [5.41, 5.74) is -1.50. The van der Waals surface area contributed by atoms with Crippen LogP contribution in [0.2, 0.25) is 19.1 Å². The van der Waals surface area contributed by atoms with Crippen LogP contribution in [0.15, 0.2) is 6.07 Å². The molecule has 1 radical (unpaired) electrons. The van der Waals surface area contributed by atoms with E-state index in [1.54, 1.807) is 0 Å². The second-order valence-corrected chi connectivity index (χ2v) is 15.9. The Hall–Kier alpha value is -1.58. The number of amides is 1. The third-order valence-electron chi connectivity index (χ3n) is 6.65. The van der Waals surface area contributed by atoms with Crippen LogP contribution in [0.5, 0.6) is 11.5 Å². The number of methoxy groups -OCH3 is 1. The first-order valence-electron chi connectivity index (χ1n) is 12.8. The second-order valence-electron chi connectivity index (χ2n) is 13.0. The first-order valence-corrected chi connectivity index (χ1v) is 15.5. The van der Waals surface area contributed by atoms with Crippen molar-refractivity contribution in [2.75, 3.05) is 13.7 Å². The maximum absolute atomic E-state index is 15.8. The van der Waals surface area contributed by atoms with E-state index in [1.165, 1.54) is 13.2 Å². The van der Waals surface area contributed by atoms with Crippen LogP contribution in [-0.4, -0.2) is 52.3 Å². The van der Waals surface area contributed by atoms with Gasteiger partial charge in [0.1, 0.15) is 0 Å². The molecule has 1 heterocycles. The highest BCUT2D eigenvalue weighted by Gasteiger charge is 2.53. The number of benzene rings is 1. The molecule has 1 amide bonds. The van der Waals surface area contributed by atoms with Crippen molar-refractivity contribution in [3.63, 3.8) is 0 Å². The monoisotopic (exact) mass is 522 g/mol. The molecule has 1 fully saturated rings. The summed E-state index contributed by atoms with van der Waals surface area (Å²) in [5, 5.41) is 3.13. The maximum Gasteiger partial charge on any atom is 0.498 e. The standard InChI is InChI=1S/C27H46BFNO5Si/c1-24(2,3)17-25(4,5)30-23(31)18-16-19(28-34-26(6,7)27(8,9)35-28)20(29)22(32-10)21(18)33-14-13-15-36(11)12/h16H,13-15,17H2,1-12H3,(H,30,31). The van der Waals surface area contributed by atoms with Gasteiger partial charge in [0.05, 0.1) is 30.5 Å². The predicted octanol–water partition coefficient (Wildman–Crippen LogP) is 5.60. The molecule has 203 valence electrons. The first-order chi connectivity index (χ1) is 16.3. The molecule has 1 aromatic rings. The lowest BCUT2D eigenvalue weighted by Gasteiger charge is -2.33. The Morgan fingerprint density at radius 2 is 1.64 bits per heavy atom. The summed E-state index contributed by atoms with van der Waals surface area (Å²) in [6.45, 7) is 22.8. The van der Waals surface area contributed by atoms with Gasteiger partial charge in [0.2, 0.25) is 0 Å². The van der Waals surface area contributed by atoms with Crippen molar-refractivity contribution in [1.29, 1.82) is 0 Å². The van der Waals surface area contributed by atoms with E-state index in [2.05, 4.69) is 39.2 Å². The minimum Gasteiger partial charge on any atom is -0.490 e. The molecule has 0 spiro atoms. The fourth-order valence-corrected chi connectivity index (χ4v) is 5.47. The van der Waals surface area contributed by atoms with Crippen LogP contribution >= 0.6 is 0 Å². The average molecular weight is 523 g/mol. The molecule has 1 aromatic carbocycles. The van der Waals surface area contributed by atoms with Gasteiger partial charge in [-0.2, -0.15) is 0 Å². The minimum absolute atomic E-state index is 0.00411. The first kappa shape index (κ1) is 30.6. The Balaban J connectivity index is 2.55. The van der Waals surface area contributed by atoms with Gasteiger partial charge in [0.15, 0.2) is 17.3 Å². The number of rotatable bonds is 10. The van der Waals surface area contributed by atoms with Crippen LogP contribution in [0.3, 0.4) is 0 Å². The SMILES string of the molecule is COc1c(F)c(B2OC(C)(C)C(C)(C)O2)cc(C(=O)NC(C)(C)CC(C)(C)C)c1OCCC[Si](C)C. The van der Waals surface area contributed by atoms with Crippen molar-refractivity contribution >= 4 is 27.3 Å². The topological polar surface area (TPSA) is 66.0 Å². The second kappa shape index (κ2) is 11.0. The predicted molar refractivity (Wildman–Crippen MR) is 147 cm³/mol. The number of carbonyl (C=O) groups is 1. The molecule has 2 rings (SSSR count). The van der Waals surface area contributed by atoms with Gasteiger partial charge >= 0.3 is 7.12 Å². The van der Waals surface area contributed by atoms with Gasteiger partial charge in [-0.15, -0.1) is 0 Å². The van der Waals surface area contributed by atoms with Crippen LogP contribution in [-0.2, 0) is 9.31 Å². The van der Waals surface area contributed by atoms with E-state index in [0.717, 1.165) is 18.9 Å². The van der Waals surface area contributed by atoms with Gasteiger partial charge in [0.25, 0.3) is 5.91 Å². The number of halogens is 1. The molecule has 0 bridgehead atoms. The summed E-state index contributed by atoms with van der Waals surface area (Å²) < 4.78 is 39.6. The lowest BCUT2D eigenvalue weighted by Crippen LogP contribution is -2.46. The molecule has 0 aliphatic carbocycles. The van der Waals surface area contributed by atoms with Gasteiger partial charge in [-0.25, -0.2) is 4.39 Å². The van der Waals surface area contributed by atoms with Gasteiger partial charge < -0.3 is 24.1 Å². The summed E-state index contributed by atoms with van der Waals surface area (Å²) in [5.74, 6) is -1.00. The van der Waals surface area contributed by atoms with Crippen LogP contribution in [0.25, 0.3) is 0 Å². The Morgan fingerprint density at radius 3 is 2.11 bits per heavy atom. The smallest absolute Gasteiger partial charge is 0.490 e. The molecule has 0 saturated carbocycles. The molecule has 0 unspecified atom stereocenters. The highest BCUT2D eigenvalue weighted by Crippen LogP contribution is 2.39. The average Bonchev–Trinajstić information content (AvgIpc) is 2.89. The molecule has 1 N–H and O–H groups in total. The lowest BCUT2D eigenvalue weighted by atomic mass is 9.77. The van der Waals surface area contributed by atoms with Crippen LogP contribution in [0.1, 0.15) is 85.5 Å². The quantitative estimate of drug-likeness (QED) is 0.320. The molecular formula is C27H46BFNO5Si. The number of nitrogens with one attached hydrogen (secondary N) is 1. The van der Waals surface area contributed by atoms with Gasteiger partial charge in [0, 0.05) is 19.8 Å². The zero-order valence-electron chi connectivity index (χ0n) is 24.4. The highest BCUT2D eigenvalue weighted by atomic mass is 28.3. The molecule has 36 heavy (non-hydrogen) atoms. The van der Waals surface area contributed by atoms with Crippen LogP contribution in [0, 0.1) is 11.2 Å². The molecule has 1 saturated heterocycles. The zero-order valence-corrected chi connectivity index (χ0v) is 25.4. The van der Waals surface area contributed by atoms with Crippen molar-refractivity contribution in [2.24, 2.45) is 5.41 Å². The molecule has 6 nitrogen and oxygen atoms in total. The third kappa shape index (κ3) is 7.48. The van der Waals surface area contributed by atoms with Gasteiger partial charge in [-0.1, -0.05) is 39.9 Å². The molecule has 0 aromatic heterocycles. The summed E-state index contributed by atoms with van der Waals surface area (Å²) in [6.07, 6.45) is 1.57. The van der Waals surface area contributed by atoms with E-state index in [0.29, 0.717) is 6.61 Å². The number of carbonyl (C=O) groups excluding carboxylic acids is 1. The Labute approximate surface area is 219 Å². The van der Waals surface area contributed by atoms with Crippen molar-refractivity contribution in [3.05, 3.63) is 17.4 Å². The Kier molecular flexibility index (Phi) is 9.39. The van der Waals surface area contributed by atoms with Crippen LogP contribution < -0.4 is 20.3 Å². The molecular weight excluding hydrogens is 476 g/mol. The van der Waals surface area contributed by atoms with E-state index in [9.17, 15) is 4.79 Å². The summed E-state index contributed by atoms with van der Waals surface area (Å²) >= 11 is 0. The summed E-state index contributed by atoms with van der Waals surface area (Å²) in [4.78, 5) is 13.7. The summed E-state index contributed by atoms with van der Waals surface area (Å²) in [7, 11) is -0.0258. The fraction of sp³-hybridized carbons (Fsp3) is 0.741. The molecule has 9 heteroatoms. The number of ether oxygens (including phenoxy) is 2. The van der Waals surface area contributed by atoms with E-state index in [-0.39, 0.29) is 33.8 Å². The number of hydrogen-bond acceptors (Lipinski definition) is 5.